The van der Waals surface area contributed by atoms with Crippen LogP contribution in [-0.2, 0) is 17.5 Å². The SMILES string of the molecule is CCCn1cnc2nc(-c3ccc(OCC(=O)N4CCN(c5cccc(C(F)(F)F)c5)CC4)cc3)[nH]c2c1=O. The fourth-order valence-corrected chi connectivity index (χ4v) is 4.50. The Morgan fingerprint density at radius 2 is 1.82 bits per heavy atom. The van der Waals surface area contributed by atoms with E-state index in [1.165, 1.54) is 12.4 Å². The molecule has 0 saturated carbocycles. The van der Waals surface area contributed by atoms with Crippen LogP contribution in [0.2, 0.25) is 0 Å². The molecule has 12 heteroatoms. The molecule has 5 rings (SSSR count). The second-order valence-electron chi connectivity index (χ2n) is 9.26. The molecule has 1 aliphatic heterocycles. The van der Waals surface area contributed by atoms with Gasteiger partial charge in [0.05, 0.1) is 5.56 Å². The molecule has 0 unspecified atom stereocenters. The zero-order valence-corrected chi connectivity index (χ0v) is 21.2. The van der Waals surface area contributed by atoms with Gasteiger partial charge < -0.3 is 19.5 Å². The van der Waals surface area contributed by atoms with Crippen LogP contribution in [0.4, 0.5) is 18.9 Å². The number of alkyl halides is 3. The molecule has 1 aliphatic rings. The highest BCUT2D eigenvalue weighted by atomic mass is 19.4. The van der Waals surface area contributed by atoms with Gasteiger partial charge in [-0.3, -0.25) is 14.2 Å². The second-order valence-corrected chi connectivity index (χ2v) is 9.26. The average Bonchev–Trinajstić information content (AvgIpc) is 3.39. The monoisotopic (exact) mass is 540 g/mol. The first kappa shape index (κ1) is 26.3. The van der Waals surface area contributed by atoms with E-state index in [2.05, 4.69) is 15.0 Å². The van der Waals surface area contributed by atoms with E-state index in [0.717, 1.165) is 24.1 Å². The summed E-state index contributed by atoms with van der Waals surface area (Å²) >= 11 is 0. The van der Waals surface area contributed by atoms with Gasteiger partial charge >= 0.3 is 6.18 Å². The van der Waals surface area contributed by atoms with Gasteiger partial charge in [0.2, 0.25) is 0 Å². The molecular formula is C27H27F3N6O3. The molecule has 0 bridgehead atoms. The number of halogens is 3. The van der Waals surface area contributed by atoms with Crippen molar-refractivity contribution < 1.29 is 22.7 Å². The maximum atomic E-state index is 13.0. The quantitative estimate of drug-likeness (QED) is 0.382. The molecule has 1 fully saturated rings. The van der Waals surface area contributed by atoms with Gasteiger partial charge in [-0.05, 0) is 48.9 Å². The highest BCUT2D eigenvalue weighted by Gasteiger charge is 2.31. The number of benzene rings is 2. The molecule has 1 saturated heterocycles. The van der Waals surface area contributed by atoms with Crippen LogP contribution in [0.15, 0.2) is 59.7 Å². The summed E-state index contributed by atoms with van der Waals surface area (Å²) in [5.74, 6) is 0.800. The van der Waals surface area contributed by atoms with Crippen molar-refractivity contribution in [3.8, 4) is 17.1 Å². The minimum absolute atomic E-state index is 0.158. The van der Waals surface area contributed by atoms with E-state index in [9.17, 15) is 22.8 Å². The number of imidazole rings is 1. The molecule has 39 heavy (non-hydrogen) atoms. The number of amides is 1. The molecule has 2 aromatic carbocycles. The zero-order chi connectivity index (χ0) is 27.6. The molecule has 2 aromatic heterocycles. The van der Waals surface area contributed by atoms with Crippen LogP contribution in [0, 0.1) is 0 Å². The fraction of sp³-hybridized carbons (Fsp3) is 0.333. The summed E-state index contributed by atoms with van der Waals surface area (Å²) in [7, 11) is 0. The van der Waals surface area contributed by atoms with Crippen LogP contribution < -0.4 is 15.2 Å². The Bertz CT molecular complexity index is 1520. The maximum Gasteiger partial charge on any atom is 0.416 e. The second kappa shape index (κ2) is 10.8. The topological polar surface area (TPSA) is 96.3 Å². The highest BCUT2D eigenvalue weighted by molar-refractivity contribution is 5.78. The van der Waals surface area contributed by atoms with E-state index >= 15 is 0 Å². The lowest BCUT2D eigenvalue weighted by Gasteiger charge is -2.36. The maximum absolute atomic E-state index is 13.0. The van der Waals surface area contributed by atoms with Gasteiger partial charge in [0.15, 0.2) is 17.8 Å². The van der Waals surface area contributed by atoms with Gasteiger partial charge in [0, 0.05) is 44.0 Å². The van der Waals surface area contributed by atoms with Crippen LogP contribution in [0.3, 0.4) is 0 Å². The summed E-state index contributed by atoms with van der Waals surface area (Å²) in [5, 5.41) is 0. The predicted octanol–water partition coefficient (Wildman–Crippen LogP) is 3.94. The van der Waals surface area contributed by atoms with Crippen LogP contribution in [0.5, 0.6) is 5.75 Å². The molecule has 9 nitrogen and oxygen atoms in total. The number of nitrogens with one attached hydrogen (secondary N) is 1. The van der Waals surface area contributed by atoms with Crippen molar-refractivity contribution in [2.24, 2.45) is 0 Å². The number of piperazine rings is 1. The number of rotatable bonds is 7. The van der Waals surface area contributed by atoms with E-state index < -0.39 is 11.7 Å². The zero-order valence-electron chi connectivity index (χ0n) is 21.2. The highest BCUT2D eigenvalue weighted by Crippen LogP contribution is 2.32. The number of fused-ring (bicyclic) bond motifs is 1. The molecule has 1 amide bonds. The summed E-state index contributed by atoms with van der Waals surface area (Å²) in [5.41, 5.74) is 1.06. The third-order valence-corrected chi connectivity index (χ3v) is 6.60. The number of nitrogens with zero attached hydrogens (tertiary/aromatic N) is 5. The fourth-order valence-electron chi connectivity index (χ4n) is 4.50. The van der Waals surface area contributed by atoms with Gasteiger partial charge in [-0.25, -0.2) is 9.97 Å². The Labute approximate surface area is 221 Å². The first-order valence-electron chi connectivity index (χ1n) is 12.6. The van der Waals surface area contributed by atoms with Crippen molar-refractivity contribution >= 4 is 22.8 Å². The van der Waals surface area contributed by atoms with Crippen molar-refractivity contribution in [3.05, 3.63) is 70.8 Å². The standard InChI is InChI=1S/C27H27F3N6O3/c1-2-10-36-17-31-25-23(26(36)38)32-24(33-25)18-6-8-21(9-7-18)39-16-22(37)35-13-11-34(12-14-35)20-5-3-4-19(15-20)27(28,29)30/h3-9,15,17H,2,10-14,16H2,1H3,(H,32,33). The lowest BCUT2D eigenvalue weighted by Crippen LogP contribution is -2.50. The molecule has 1 N–H and O–H groups in total. The van der Waals surface area contributed by atoms with Crippen molar-refractivity contribution in [2.75, 3.05) is 37.7 Å². The van der Waals surface area contributed by atoms with Crippen molar-refractivity contribution in [1.29, 1.82) is 0 Å². The Hall–Kier alpha value is -4.35. The summed E-state index contributed by atoms with van der Waals surface area (Å²) in [6.07, 6.45) is -2.09. The summed E-state index contributed by atoms with van der Waals surface area (Å²) in [6.45, 7) is 4.03. The molecule has 4 aromatic rings. The Balaban J connectivity index is 1.16. The summed E-state index contributed by atoms with van der Waals surface area (Å²) in [4.78, 5) is 40.5. The summed E-state index contributed by atoms with van der Waals surface area (Å²) in [6, 6.07) is 12.2. The number of aromatic nitrogens is 4. The van der Waals surface area contributed by atoms with E-state index in [4.69, 9.17) is 4.74 Å². The van der Waals surface area contributed by atoms with E-state index in [-0.39, 0.29) is 18.1 Å². The first-order valence-corrected chi connectivity index (χ1v) is 12.6. The van der Waals surface area contributed by atoms with E-state index in [1.54, 1.807) is 39.8 Å². The smallest absolute Gasteiger partial charge is 0.416 e. The van der Waals surface area contributed by atoms with Gasteiger partial charge in [0.1, 0.15) is 17.9 Å². The molecule has 0 atom stereocenters. The number of aromatic amines is 1. The molecule has 0 aliphatic carbocycles. The van der Waals surface area contributed by atoms with Gasteiger partial charge in [0.25, 0.3) is 11.5 Å². The molecule has 3 heterocycles. The lowest BCUT2D eigenvalue weighted by molar-refractivity contribution is -0.137. The van der Waals surface area contributed by atoms with Crippen molar-refractivity contribution in [1.82, 2.24) is 24.4 Å². The molecule has 204 valence electrons. The predicted molar refractivity (Wildman–Crippen MR) is 140 cm³/mol. The van der Waals surface area contributed by atoms with E-state index in [0.29, 0.717) is 61.1 Å². The Kier molecular flexibility index (Phi) is 7.27. The Morgan fingerprint density at radius 1 is 1.08 bits per heavy atom. The number of hydrogen-bond donors (Lipinski definition) is 1. The van der Waals surface area contributed by atoms with Gasteiger partial charge in [-0.2, -0.15) is 13.2 Å². The first-order chi connectivity index (χ1) is 18.7. The average molecular weight is 541 g/mol. The number of hydrogen-bond acceptors (Lipinski definition) is 6. The number of ether oxygens (including phenoxy) is 1. The molecule has 0 radical (unpaired) electrons. The number of carbonyl (C=O) groups is 1. The number of carbonyl (C=O) groups excluding carboxylic acids is 1. The van der Waals surface area contributed by atoms with Crippen LogP contribution in [0.25, 0.3) is 22.6 Å². The van der Waals surface area contributed by atoms with Crippen molar-refractivity contribution in [3.63, 3.8) is 0 Å². The third-order valence-electron chi connectivity index (χ3n) is 6.60. The van der Waals surface area contributed by atoms with Gasteiger partial charge in [-0.15, -0.1) is 0 Å². The van der Waals surface area contributed by atoms with Crippen molar-refractivity contribution in [2.45, 2.75) is 26.1 Å². The number of H-pyrrole nitrogens is 1. The lowest BCUT2D eigenvalue weighted by atomic mass is 10.1. The molecular weight excluding hydrogens is 513 g/mol. The minimum Gasteiger partial charge on any atom is -0.484 e. The number of anilines is 1. The largest absolute Gasteiger partial charge is 0.484 e. The van der Waals surface area contributed by atoms with E-state index in [1.807, 2.05) is 11.8 Å². The normalized spacial score (nSPS) is 14.2. The van der Waals surface area contributed by atoms with Crippen LogP contribution in [-0.4, -0.2) is 63.1 Å². The Morgan fingerprint density at radius 3 is 2.51 bits per heavy atom. The van der Waals surface area contributed by atoms with Gasteiger partial charge in [-0.1, -0.05) is 13.0 Å². The summed E-state index contributed by atoms with van der Waals surface area (Å²) < 4.78 is 46.3. The van der Waals surface area contributed by atoms with Crippen LogP contribution in [0.1, 0.15) is 18.9 Å². The van der Waals surface area contributed by atoms with Crippen LogP contribution >= 0.6 is 0 Å². The minimum atomic E-state index is -4.40. The number of aryl methyl sites for hydroxylation is 1. The third kappa shape index (κ3) is 5.74. The molecule has 0 spiro atoms.